The van der Waals surface area contributed by atoms with Gasteiger partial charge < -0.3 is 18.6 Å². The first-order valence-corrected chi connectivity index (χ1v) is 13.2. The average Bonchev–Trinajstić information content (AvgIpc) is 3.37. The average molecular weight is 533 g/mol. The number of carbonyl (C=O) groups excluding carboxylic acids is 4. The van der Waals surface area contributed by atoms with E-state index < -0.39 is 58.7 Å². The van der Waals surface area contributed by atoms with Crippen LogP contribution in [0.5, 0.6) is 0 Å². The monoisotopic (exact) mass is 532 g/mol. The van der Waals surface area contributed by atoms with E-state index in [1.807, 2.05) is 44.2 Å². The van der Waals surface area contributed by atoms with Crippen LogP contribution in [-0.2, 0) is 33.4 Å². The number of rotatable bonds is 3. The number of methoxy groups -OCH3 is 1. The highest BCUT2D eigenvalue weighted by Gasteiger charge is 2.67. The van der Waals surface area contributed by atoms with E-state index in [1.54, 1.807) is 6.07 Å². The predicted octanol–water partition coefficient (Wildman–Crippen LogP) is 4.40. The first kappa shape index (κ1) is 26.7. The second-order valence-corrected chi connectivity index (χ2v) is 11.3. The van der Waals surface area contributed by atoms with Gasteiger partial charge in [0.25, 0.3) is 0 Å². The normalized spacial score (nSPS) is 33.5. The zero-order valence-electron chi connectivity index (χ0n) is 22.5. The number of hydrogen-bond acceptors (Lipinski definition) is 8. The molecule has 2 aromatic rings. The molecule has 2 aliphatic carbocycles. The Bertz CT molecular complexity index is 1360. The molecular weight excluding hydrogens is 500 g/mol. The standard InChI is InChI=1S/C31H32O8/c1-18(32)38-24-16-22(28(34)36-4)30(2)14-12-21-29(35)39-25(17-31(21,3)27(30)26(24)33)20-13-15-37-23(20)11-10-19-8-6-5-7-9-19/h5-9,13,15,21-22,24-25,27H,12,14,16-17H2,1-4H3/t21-,22-,24-,25-,27-,30-,31-/m0/s1. The van der Waals surface area contributed by atoms with Crippen molar-refractivity contribution in [3.8, 4) is 11.8 Å². The van der Waals surface area contributed by atoms with Crippen molar-refractivity contribution < 1.29 is 37.8 Å². The van der Waals surface area contributed by atoms with E-state index in [2.05, 4.69) is 11.8 Å². The van der Waals surface area contributed by atoms with Crippen molar-refractivity contribution in [1.82, 2.24) is 0 Å². The van der Waals surface area contributed by atoms with Crippen LogP contribution in [0.25, 0.3) is 0 Å². The van der Waals surface area contributed by atoms with Gasteiger partial charge in [-0.3, -0.25) is 19.2 Å². The molecule has 0 unspecified atom stereocenters. The number of hydrogen-bond donors (Lipinski definition) is 0. The van der Waals surface area contributed by atoms with Crippen LogP contribution < -0.4 is 0 Å². The summed E-state index contributed by atoms with van der Waals surface area (Å²) in [6, 6.07) is 11.2. The van der Waals surface area contributed by atoms with E-state index in [4.69, 9.17) is 18.6 Å². The van der Waals surface area contributed by atoms with Gasteiger partial charge in [0.2, 0.25) is 0 Å². The third kappa shape index (κ3) is 4.54. The third-order valence-corrected chi connectivity index (χ3v) is 9.03. The number of benzene rings is 1. The highest BCUT2D eigenvalue weighted by molar-refractivity contribution is 5.93. The first-order chi connectivity index (χ1) is 18.6. The minimum atomic E-state index is -1.09. The highest BCUT2D eigenvalue weighted by atomic mass is 16.6. The Morgan fingerprint density at radius 1 is 1.05 bits per heavy atom. The molecule has 0 bridgehead atoms. The summed E-state index contributed by atoms with van der Waals surface area (Å²) in [6.07, 6.45) is 1.06. The van der Waals surface area contributed by atoms with Gasteiger partial charge >= 0.3 is 17.9 Å². The summed E-state index contributed by atoms with van der Waals surface area (Å²) < 4.78 is 22.2. The molecule has 3 aliphatic rings. The van der Waals surface area contributed by atoms with Crippen molar-refractivity contribution in [2.24, 2.45) is 28.6 Å². The van der Waals surface area contributed by atoms with Crippen LogP contribution in [0.4, 0.5) is 0 Å². The topological polar surface area (TPSA) is 109 Å². The summed E-state index contributed by atoms with van der Waals surface area (Å²) in [5, 5.41) is 0. The van der Waals surface area contributed by atoms with Crippen LogP contribution in [-0.4, -0.2) is 36.9 Å². The van der Waals surface area contributed by atoms with E-state index in [0.717, 1.165) is 5.56 Å². The van der Waals surface area contributed by atoms with E-state index >= 15 is 0 Å². The lowest BCUT2D eigenvalue weighted by molar-refractivity contribution is -0.210. The zero-order chi connectivity index (χ0) is 27.9. The lowest BCUT2D eigenvalue weighted by atomic mass is 9.43. The van der Waals surface area contributed by atoms with Gasteiger partial charge in [0, 0.05) is 30.4 Å². The Morgan fingerprint density at radius 2 is 1.79 bits per heavy atom. The maximum absolute atomic E-state index is 14.0. The largest absolute Gasteiger partial charge is 0.469 e. The van der Waals surface area contributed by atoms with E-state index in [9.17, 15) is 19.2 Å². The summed E-state index contributed by atoms with van der Waals surface area (Å²) in [7, 11) is 1.32. The second-order valence-electron chi connectivity index (χ2n) is 11.3. The van der Waals surface area contributed by atoms with E-state index in [-0.39, 0.29) is 12.2 Å². The lowest BCUT2D eigenvalue weighted by Gasteiger charge is -2.61. The van der Waals surface area contributed by atoms with Gasteiger partial charge in [-0.1, -0.05) is 38.0 Å². The van der Waals surface area contributed by atoms with Crippen LogP contribution in [0.15, 0.2) is 47.1 Å². The molecule has 0 amide bonds. The maximum Gasteiger partial charge on any atom is 0.310 e. The van der Waals surface area contributed by atoms with Gasteiger partial charge in [-0.2, -0.15) is 0 Å². The van der Waals surface area contributed by atoms with Crippen LogP contribution in [0.2, 0.25) is 0 Å². The molecule has 8 nitrogen and oxygen atoms in total. The molecule has 0 radical (unpaired) electrons. The third-order valence-electron chi connectivity index (χ3n) is 9.03. The number of ketones is 1. The molecule has 2 saturated carbocycles. The number of furan rings is 1. The molecule has 1 aromatic heterocycles. The van der Waals surface area contributed by atoms with Crippen LogP contribution in [0, 0.1) is 40.4 Å². The van der Waals surface area contributed by atoms with Crippen molar-refractivity contribution in [3.63, 3.8) is 0 Å². The Kier molecular flexibility index (Phi) is 6.88. The molecule has 8 heteroatoms. The molecule has 2 heterocycles. The predicted molar refractivity (Wildman–Crippen MR) is 138 cm³/mol. The van der Waals surface area contributed by atoms with Gasteiger partial charge in [0.05, 0.1) is 25.2 Å². The Labute approximate surface area is 227 Å². The molecule has 1 aromatic carbocycles. The Balaban J connectivity index is 1.54. The fraction of sp³-hybridized carbons (Fsp3) is 0.484. The fourth-order valence-electron chi connectivity index (χ4n) is 7.32. The molecule has 1 aliphatic heterocycles. The quantitative estimate of drug-likeness (QED) is 0.325. The van der Waals surface area contributed by atoms with Gasteiger partial charge in [0.1, 0.15) is 6.10 Å². The van der Waals surface area contributed by atoms with E-state index in [0.29, 0.717) is 30.6 Å². The molecule has 5 rings (SSSR count). The zero-order valence-corrected chi connectivity index (χ0v) is 22.5. The van der Waals surface area contributed by atoms with Crippen molar-refractivity contribution in [1.29, 1.82) is 0 Å². The van der Waals surface area contributed by atoms with Crippen molar-refractivity contribution in [2.45, 2.75) is 58.7 Å². The molecule has 204 valence electrons. The summed E-state index contributed by atoms with van der Waals surface area (Å²) >= 11 is 0. The Morgan fingerprint density at radius 3 is 2.49 bits per heavy atom. The number of carbonyl (C=O) groups is 4. The number of ether oxygens (including phenoxy) is 3. The minimum Gasteiger partial charge on any atom is -0.469 e. The number of esters is 3. The SMILES string of the molecule is COC(=O)[C@@H]1C[C@H](OC(C)=O)C(=O)[C@H]2[C@@]1(C)CC[C@H]1C(=O)O[C@H](c3ccoc3C#Cc3ccccc3)C[C@]21C. The fourth-order valence-corrected chi connectivity index (χ4v) is 7.32. The van der Waals surface area contributed by atoms with Crippen molar-refractivity contribution in [3.05, 3.63) is 59.5 Å². The highest BCUT2D eigenvalue weighted by Crippen LogP contribution is 2.65. The minimum absolute atomic E-state index is 0.0632. The van der Waals surface area contributed by atoms with Crippen LogP contribution >= 0.6 is 0 Å². The Hall–Kier alpha value is -3.86. The first-order valence-electron chi connectivity index (χ1n) is 13.2. The summed E-state index contributed by atoms with van der Waals surface area (Å²) in [5.41, 5.74) is -0.200. The lowest BCUT2D eigenvalue weighted by Crippen LogP contribution is -2.64. The molecule has 3 fully saturated rings. The van der Waals surface area contributed by atoms with Crippen molar-refractivity contribution >= 4 is 23.7 Å². The maximum atomic E-state index is 14.0. The molecule has 0 N–H and O–H groups in total. The smallest absolute Gasteiger partial charge is 0.310 e. The van der Waals surface area contributed by atoms with Gasteiger partial charge in [-0.15, -0.1) is 0 Å². The summed E-state index contributed by atoms with van der Waals surface area (Å²) in [4.78, 5) is 52.4. The van der Waals surface area contributed by atoms with Gasteiger partial charge in [-0.05, 0) is 54.2 Å². The molecule has 39 heavy (non-hydrogen) atoms. The molecule has 7 atom stereocenters. The summed E-state index contributed by atoms with van der Waals surface area (Å²) in [6.45, 7) is 5.08. The molecular formula is C31H32O8. The van der Waals surface area contributed by atoms with Crippen LogP contribution in [0.3, 0.4) is 0 Å². The number of fused-ring (bicyclic) bond motifs is 3. The van der Waals surface area contributed by atoms with Crippen molar-refractivity contribution in [2.75, 3.05) is 7.11 Å². The van der Waals surface area contributed by atoms with Crippen LogP contribution in [0.1, 0.15) is 69.4 Å². The van der Waals surface area contributed by atoms with Gasteiger partial charge in [0.15, 0.2) is 17.6 Å². The van der Waals surface area contributed by atoms with Gasteiger partial charge in [-0.25, -0.2) is 0 Å². The summed E-state index contributed by atoms with van der Waals surface area (Å²) in [5.74, 6) is 2.87. The number of cyclic esters (lactones) is 1. The molecule has 0 spiro atoms. The molecule has 1 saturated heterocycles. The second kappa shape index (κ2) is 10.0. The van der Waals surface area contributed by atoms with E-state index in [1.165, 1.54) is 20.3 Å². The number of Topliss-reactive ketones (excluding diaryl/α,β-unsaturated/α-hetero) is 1.